The number of halogens is 1. The average Bonchev–Trinajstić information content (AvgIpc) is 3.22. The van der Waals surface area contributed by atoms with Crippen LogP contribution in [-0.2, 0) is 20.0 Å². The molecule has 3 aromatic rings. The van der Waals surface area contributed by atoms with E-state index in [0.29, 0.717) is 23.1 Å². The first-order chi connectivity index (χ1) is 16.2. The van der Waals surface area contributed by atoms with Gasteiger partial charge < -0.3 is 9.47 Å². The third-order valence-corrected chi connectivity index (χ3v) is 6.84. The molecule has 3 atom stereocenters. The standard InChI is InChI=1S/C25H28FN7O/c1-16-14-33(22-12-24(34)30(4)23-15-31(10-9-28)29-25(22)23)17(2)13-32(16)18(3)21-6-5-20(26)11-19(21)7-8-27/h5-6,11-12,15-18H,7,10,13-14H2,1-4H3/t16-,17+,18-/m1/s1. The highest BCUT2D eigenvalue weighted by molar-refractivity contribution is 5.88. The predicted molar refractivity (Wildman–Crippen MR) is 128 cm³/mol. The van der Waals surface area contributed by atoms with Gasteiger partial charge in [-0.25, -0.2) is 4.39 Å². The van der Waals surface area contributed by atoms with Gasteiger partial charge in [-0.15, -0.1) is 0 Å². The van der Waals surface area contributed by atoms with Crippen molar-refractivity contribution in [2.45, 2.75) is 51.9 Å². The minimum absolute atomic E-state index is 0.00190. The largest absolute Gasteiger partial charge is 0.364 e. The molecule has 176 valence electrons. The van der Waals surface area contributed by atoms with Crippen LogP contribution in [0.15, 0.2) is 35.3 Å². The number of aromatic nitrogens is 3. The van der Waals surface area contributed by atoms with Crippen molar-refractivity contribution in [3.63, 3.8) is 0 Å². The fraction of sp³-hybridized carbons (Fsp3) is 0.440. The molecule has 3 heterocycles. The summed E-state index contributed by atoms with van der Waals surface area (Å²) in [6.07, 6.45) is 1.90. The number of nitriles is 2. The number of hydrogen-bond donors (Lipinski definition) is 0. The van der Waals surface area contributed by atoms with E-state index in [1.54, 1.807) is 34.6 Å². The summed E-state index contributed by atoms with van der Waals surface area (Å²) in [6.45, 7) is 7.85. The molecule has 0 bridgehead atoms. The second-order valence-corrected chi connectivity index (χ2v) is 9.05. The van der Waals surface area contributed by atoms with Crippen LogP contribution < -0.4 is 10.5 Å². The summed E-state index contributed by atoms with van der Waals surface area (Å²) in [5, 5.41) is 22.9. The van der Waals surface area contributed by atoms with Crippen LogP contribution in [0.25, 0.3) is 11.0 Å². The van der Waals surface area contributed by atoms with E-state index >= 15 is 0 Å². The third-order valence-electron chi connectivity index (χ3n) is 6.84. The van der Waals surface area contributed by atoms with Crippen molar-refractivity contribution < 1.29 is 4.39 Å². The van der Waals surface area contributed by atoms with Crippen LogP contribution in [-0.4, -0.2) is 44.4 Å². The van der Waals surface area contributed by atoms with Gasteiger partial charge in [0.2, 0.25) is 0 Å². The molecule has 4 rings (SSSR count). The van der Waals surface area contributed by atoms with E-state index < -0.39 is 0 Å². The molecule has 0 unspecified atom stereocenters. The summed E-state index contributed by atoms with van der Waals surface area (Å²) < 4.78 is 16.9. The summed E-state index contributed by atoms with van der Waals surface area (Å²) in [4.78, 5) is 17.3. The Labute approximate surface area is 198 Å². The normalized spacial score (nSPS) is 19.7. The maximum atomic E-state index is 13.8. The van der Waals surface area contributed by atoms with Crippen molar-refractivity contribution in [3.8, 4) is 12.1 Å². The number of pyridine rings is 1. The van der Waals surface area contributed by atoms with Crippen LogP contribution in [0.2, 0.25) is 0 Å². The van der Waals surface area contributed by atoms with Crippen molar-refractivity contribution in [2.75, 3.05) is 18.0 Å². The van der Waals surface area contributed by atoms with E-state index in [4.69, 9.17) is 5.26 Å². The van der Waals surface area contributed by atoms with Crippen LogP contribution in [0.1, 0.15) is 37.9 Å². The van der Waals surface area contributed by atoms with Crippen LogP contribution in [0, 0.1) is 28.5 Å². The fourth-order valence-electron chi connectivity index (χ4n) is 5.04. The van der Waals surface area contributed by atoms with Gasteiger partial charge in [-0.1, -0.05) is 6.07 Å². The quantitative estimate of drug-likeness (QED) is 0.580. The minimum Gasteiger partial charge on any atom is -0.364 e. The highest BCUT2D eigenvalue weighted by Gasteiger charge is 2.34. The topological polar surface area (TPSA) is 93.9 Å². The Hall–Kier alpha value is -3.69. The molecule has 0 aliphatic carbocycles. The van der Waals surface area contributed by atoms with Gasteiger partial charge in [-0.3, -0.25) is 14.4 Å². The minimum atomic E-state index is -0.335. The van der Waals surface area contributed by atoms with Gasteiger partial charge in [-0.05, 0) is 44.0 Å². The third kappa shape index (κ3) is 4.15. The van der Waals surface area contributed by atoms with Crippen molar-refractivity contribution >= 4 is 16.7 Å². The molecular weight excluding hydrogens is 433 g/mol. The Balaban J connectivity index is 1.67. The molecule has 0 radical (unpaired) electrons. The van der Waals surface area contributed by atoms with E-state index in [2.05, 4.69) is 47.8 Å². The van der Waals surface area contributed by atoms with E-state index in [-0.39, 0.29) is 42.5 Å². The van der Waals surface area contributed by atoms with Gasteiger partial charge in [0.25, 0.3) is 5.56 Å². The number of benzene rings is 1. The summed E-state index contributed by atoms with van der Waals surface area (Å²) in [6, 6.07) is 10.8. The van der Waals surface area contributed by atoms with Crippen molar-refractivity contribution in [1.82, 2.24) is 19.2 Å². The molecule has 1 saturated heterocycles. The number of anilines is 1. The van der Waals surface area contributed by atoms with Gasteiger partial charge >= 0.3 is 0 Å². The first-order valence-corrected chi connectivity index (χ1v) is 11.4. The number of piperazine rings is 1. The zero-order chi connectivity index (χ0) is 24.6. The summed E-state index contributed by atoms with van der Waals surface area (Å²) in [7, 11) is 1.71. The van der Waals surface area contributed by atoms with Gasteiger partial charge in [0.05, 0.1) is 36.0 Å². The first-order valence-electron chi connectivity index (χ1n) is 11.4. The van der Waals surface area contributed by atoms with E-state index in [9.17, 15) is 14.4 Å². The predicted octanol–water partition coefficient (Wildman–Crippen LogP) is 3.12. The molecule has 1 fully saturated rings. The molecule has 1 aromatic carbocycles. The first kappa shape index (κ1) is 23.5. The van der Waals surface area contributed by atoms with Gasteiger partial charge in [0.15, 0.2) is 0 Å². The number of rotatable bonds is 5. The molecule has 34 heavy (non-hydrogen) atoms. The summed E-state index contributed by atoms with van der Waals surface area (Å²) in [5.41, 5.74) is 3.72. The molecule has 2 aromatic heterocycles. The number of aryl methyl sites for hydroxylation is 1. The zero-order valence-corrected chi connectivity index (χ0v) is 19.9. The maximum Gasteiger partial charge on any atom is 0.252 e. The number of nitrogens with zero attached hydrogens (tertiary/aromatic N) is 7. The molecule has 0 N–H and O–H groups in total. The maximum absolute atomic E-state index is 13.8. The zero-order valence-electron chi connectivity index (χ0n) is 19.9. The van der Waals surface area contributed by atoms with Crippen LogP contribution in [0.4, 0.5) is 10.1 Å². The Morgan fingerprint density at radius 3 is 2.65 bits per heavy atom. The highest BCUT2D eigenvalue weighted by atomic mass is 19.1. The van der Waals surface area contributed by atoms with Gasteiger partial charge in [0, 0.05) is 44.3 Å². The van der Waals surface area contributed by atoms with Crippen LogP contribution in [0.5, 0.6) is 0 Å². The highest BCUT2D eigenvalue weighted by Crippen LogP contribution is 2.33. The Morgan fingerprint density at radius 2 is 1.94 bits per heavy atom. The Bertz CT molecular complexity index is 1360. The lowest BCUT2D eigenvalue weighted by Crippen LogP contribution is -2.57. The molecule has 0 saturated carbocycles. The number of hydrogen-bond acceptors (Lipinski definition) is 6. The fourth-order valence-corrected chi connectivity index (χ4v) is 5.04. The lowest BCUT2D eigenvalue weighted by atomic mass is 9.95. The summed E-state index contributed by atoms with van der Waals surface area (Å²) >= 11 is 0. The van der Waals surface area contributed by atoms with Crippen molar-refractivity contribution in [3.05, 3.63) is 57.8 Å². The molecule has 1 aliphatic heterocycles. The molecule has 8 nitrogen and oxygen atoms in total. The second-order valence-electron chi connectivity index (χ2n) is 9.05. The molecule has 9 heteroatoms. The smallest absolute Gasteiger partial charge is 0.252 e. The Kier molecular flexibility index (Phi) is 6.41. The Morgan fingerprint density at radius 1 is 1.18 bits per heavy atom. The van der Waals surface area contributed by atoms with Crippen molar-refractivity contribution in [1.29, 1.82) is 10.5 Å². The number of fused-ring (bicyclic) bond motifs is 1. The van der Waals surface area contributed by atoms with E-state index in [0.717, 1.165) is 17.8 Å². The van der Waals surface area contributed by atoms with Crippen molar-refractivity contribution in [2.24, 2.45) is 7.05 Å². The molecule has 1 aliphatic rings. The summed E-state index contributed by atoms with van der Waals surface area (Å²) in [5.74, 6) is -0.335. The lowest BCUT2D eigenvalue weighted by molar-refractivity contribution is 0.119. The van der Waals surface area contributed by atoms with E-state index in [1.807, 2.05) is 0 Å². The van der Waals surface area contributed by atoms with Gasteiger partial charge in [0.1, 0.15) is 17.9 Å². The molecule has 0 amide bonds. The second kappa shape index (κ2) is 9.28. The monoisotopic (exact) mass is 461 g/mol. The average molecular weight is 462 g/mol. The van der Waals surface area contributed by atoms with Crippen LogP contribution in [0.3, 0.4) is 0 Å². The van der Waals surface area contributed by atoms with E-state index in [1.165, 1.54) is 12.1 Å². The van der Waals surface area contributed by atoms with Gasteiger partial charge in [-0.2, -0.15) is 15.6 Å². The molecular formula is C25H28FN7O. The SMILES string of the molecule is C[C@@H]1CN(c2cc(=O)n(C)c3cn(CC#N)nc23)[C@@H](C)CN1[C@H](C)c1ccc(F)cc1CC#N. The van der Waals surface area contributed by atoms with Crippen LogP contribution >= 0.6 is 0 Å². The molecule has 0 spiro atoms. The lowest BCUT2D eigenvalue weighted by Gasteiger charge is -2.48.